The fraction of sp³-hybridized carbons (Fsp3) is 0.385. The minimum Gasteiger partial charge on any atom is -0.478 e. The third-order valence-electron chi connectivity index (χ3n) is 2.63. The van der Waals surface area contributed by atoms with Crippen LogP contribution in [0.3, 0.4) is 0 Å². The Morgan fingerprint density at radius 2 is 1.83 bits per heavy atom. The summed E-state index contributed by atoms with van der Waals surface area (Å²) in [6, 6.07) is 5.52. The number of carbonyl (C=O) groups is 2. The number of amides is 1. The monoisotopic (exact) mass is 250 g/mol. The maximum atomic E-state index is 11.9. The Hall–Kier alpha value is -1.88. The first-order valence-corrected chi connectivity index (χ1v) is 5.62. The first-order valence-electron chi connectivity index (χ1n) is 5.62. The van der Waals surface area contributed by atoms with Crippen molar-refractivity contribution in [3.8, 4) is 0 Å². The zero-order valence-electron chi connectivity index (χ0n) is 10.7. The van der Waals surface area contributed by atoms with Crippen LogP contribution in [-0.4, -0.2) is 23.0 Å². The number of anilines is 1. The summed E-state index contributed by atoms with van der Waals surface area (Å²) in [5.41, 5.74) is 5.73. The van der Waals surface area contributed by atoms with E-state index >= 15 is 0 Å². The number of hydrogen-bond donors (Lipinski definition) is 3. The SMILES string of the molecule is CC(C)(C)C(N)C(=O)Nc1ccccc1C(=O)O. The summed E-state index contributed by atoms with van der Waals surface area (Å²) in [5.74, 6) is -1.48. The van der Waals surface area contributed by atoms with E-state index in [1.54, 1.807) is 12.1 Å². The molecule has 1 aromatic rings. The van der Waals surface area contributed by atoms with Gasteiger partial charge in [-0.15, -0.1) is 0 Å². The number of carbonyl (C=O) groups excluding carboxylic acids is 1. The third-order valence-corrected chi connectivity index (χ3v) is 2.63. The van der Waals surface area contributed by atoms with Crippen LogP contribution in [0.15, 0.2) is 24.3 Å². The maximum absolute atomic E-state index is 11.9. The zero-order chi connectivity index (χ0) is 13.9. The summed E-state index contributed by atoms with van der Waals surface area (Å²) < 4.78 is 0. The molecule has 0 fully saturated rings. The van der Waals surface area contributed by atoms with E-state index in [9.17, 15) is 9.59 Å². The second-order valence-electron chi connectivity index (χ2n) is 5.18. The fourth-order valence-corrected chi connectivity index (χ4v) is 1.38. The van der Waals surface area contributed by atoms with Gasteiger partial charge in [-0.05, 0) is 17.5 Å². The van der Waals surface area contributed by atoms with Crippen LogP contribution in [-0.2, 0) is 4.79 Å². The van der Waals surface area contributed by atoms with Crippen molar-refractivity contribution in [1.29, 1.82) is 0 Å². The zero-order valence-corrected chi connectivity index (χ0v) is 10.7. The lowest BCUT2D eigenvalue weighted by atomic mass is 9.87. The standard InChI is InChI=1S/C13H18N2O3/c1-13(2,3)10(14)11(16)15-9-7-5-4-6-8(9)12(17)18/h4-7,10H,14H2,1-3H3,(H,15,16)(H,17,18). The molecule has 1 rings (SSSR count). The van der Waals surface area contributed by atoms with E-state index in [1.165, 1.54) is 12.1 Å². The van der Waals surface area contributed by atoms with Gasteiger partial charge in [0.25, 0.3) is 0 Å². The van der Waals surface area contributed by atoms with Crippen molar-refractivity contribution in [1.82, 2.24) is 0 Å². The van der Waals surface area contributed by atoms with Crippen LogP contribution in [0.2, 0.25) is 0 Å². The summed E-state index contributed by atoms with van der Waals surface area (Å²) in [5, 5.41) is 11.5. The van der Waals surface area contributed by atoms with Gasteiger partial charge in [-0.25, -0.2) is 4.79 Å². The molecule has 1 unspecified atom stereocenters. The quantitative estimate of drug-likeness (QED) is 0.761. The second-order valence-corrected chi connectivity index (χ2v) is 5.18. The number of aromatic carboxylic acids is 1. The lowest BCUT2D eigenvalue weighted by molar-refractivity contribution is -0.119. The molecule has 0 saturated heterocycles. The second kappa shape index (κ2) is 5.18. The largest absolute Gasteiger partial charge is 0.478 e. The number of nitrogens with two attached hydrogens (primary N) is 1. The average Bonchev–Trinajstić information content (AvgIpc) is 2.27. The lowest BCUT2D eigenvalue weighted by Crippen LogP contribution is -2.45. The molecular weight excluding hydrogens is 232 g/mol. The Kier molecular flexibility index (Phi) is 4.08. The summed E-state index contributed by atoms with van der Waals surface area (Å²) in [7, 11) is 0. The van der Waals surface area contributed by atoms with Crippen molar-refractivity contribution in [3.63, 3.8) is 0 Å². The van der Waals surface area contributed by atoms with Crippen molar-refractivity contribution >= 4 is 17.6 Å². The van der Waals surface area contributed by atoms with Crippen molar-refractivity contribution < 1.29 is 14.7 Å². The van der Waals surface area contributed by atoms with Crippen molar-refractivity contribution in [2.75, 3.05) is 5.32 Å². The molecule has 0 radical (unpaired) electrons. The van der Waals surface area contributed by atoms with Gasteiger partial charge in [-0.1, -0.05) is 32.9 Å². The Balaban J connectivity index is 2.92. The van der Waals surface area contributed by atoms with Gasteiger partial charge in [0.15, 0.2) is 0 Å². The summed E-state index contributed by atoms with van der Waals surface area (Å²) >= 11 is 0. The van der Waals surface area contributed by atoms with Gasteiger partial charge in [-0.2, -0.15) is 0 Å². The number of para-hydroxylation sites is 1. The molecule has 5 heteroatoms. The van der Waals surface area contributed by atoms with E-state index in [0.29, 0.717) is 0 Å². The van der Waals surface area contributed by atoms with E-state index in [1.807, 2.05) is 20.8 Å². The Morgan fingerprint density at radius 1 is 1.28 bits per heavy atom. The first kappa shape index (κ1) is 14.2. The minimum absolute atomic E-state index is 0.0481. The Morgan fingerprint density at radius 3 is 2.33 bits per heavy atom. The highest BCUT2D eigenvalue weighted by atomic mass is 16.4. The molecule has 98 valence electrons. The van der Waals surface area contributed by atoms with Gasteiger partial charge in [0.2, 0.25) is 5.91 Å². The van der Waals surface area contributed by atoms with E-state index in [-0.39, 0.29) is 16.7 Å². The molecule has 0 bridgehead atoms. The molecule has 0 aliphatic rings. The van der Waals surface area contributed by atoms with Crippen LogP contribution in [0.4, 0.5) is 5.69 Å². The van der Waals surface area contributed by atoms with Crippen LogP contribution in [0.1, 0.15) is 31.1 Å². The smallest absolute Gasteiger partial charge is 0.337 e. The number of nitrogens with one attached hydrogen (secondary N) is 1. The van der Waals surface area contributed by atoms with E-state index in [4.69, 9.17) is 10.8 Å². The number of rotatable bonds is 3. The van der Waals surface area contributed by atoms with E-state index in [2.05, 4.69) is 5.32 Å². The Bertz CT molecular complexity index is 464. The van der Waals surface area contributed by atoms with Crippen LogP contribution < -0.4 is 11.1 Å². The maximum Gasteiger partial charge on any atom is 0.337 e. The Labute approximate surface area is 106 Å². The highest BCUT2D eigenvalue weighted by Gasteiger charge is 2.28. The number of carboxylic acids is 1. The lowest BCUT2D eigenvalue weighted by Gasteiger charge is -2.26. The summed E-state index contributed by atoms with van der Waals surface area (Å²) in [6.07, 6.45) is 0. The van der Waals surface area contributed by atoms with Crippen LogP contribution in [0.25, 0.3) is 0 Å². The predicted molar refractivity (Wildman–Crippen MR) is 69.5 cm³/mol. The number of carboxylic acid groups (broad SMARTS) is 1. The molecule has 0 aliphatic carbocycles. The molecule has 0 spiro atoms. The van der Waals surface area contributed by atoms with Crippen molar-refractivity contribution in [3.05, 3.63) is 29.8 Å². The van der Waals surface area contributed by atoms with E-state index < -0.39 is 17.9 Å². The third kappa shape index (κ3) is 3.30. The molecule has 0 saturated carbocycles. The number of benzene rings is 1. The predicted octanol–water partition coefficient (Wildman–Crippen LogP) is 1.70. The molecule has 4 N–H and O–H groups in total. The van der Waals surface area contributed by atoms with Gasteiger partial charge in [0.1, 0.15) is 0 Å². The molecule has 0 aliphatic heterocycles. The molecule has 1 amide bonds. The first-order chi connectivity index (χ1) is 8.23. The van der Waals surface area contributed by atoms with Gasteiger partial charge in [-0.3, -0.25) is 4.79 Å². The molecular formula is C13H18N2O3. The van der Waals surface area contributed by atoms with Crippen LogP contribution >= 0.6 is 0 Å². The van der Waals surface area contributed by atoms with Crippen molar-refractivity contribution in [2.24, 2.45) is 11.1 Å². The number of hydrogen-bond acceptors (Lipinski definition) is 3. The van der Waals surface area contributed by atoms with Gasteiger partial charge in [0.05, 0.1) is 17.3 Å². The molecule has 1 atom stereocenters. The summed E-state index contributed by atoms with van der Waals surface area (Å²) in [4.78, 5) is 22.9. The average molecular weight is 250 g/mol. The normalized spacial score (nSPS) is 12.9. The van der Waals surface area contributed by atoms with Gasteiger partial charge in [0, 0.05) is 0 Å². The summed E-state index contributed by atoms with van der Waals surface area (Å²) in [6.45, 7) is 5.54. The van der Waals surface area contributed by atoms with E-state index in [0.717, 1.165) is 0 Å². The molecule has 0 heterocycles. The minimum atomic E-state index is -1.09. The van der Waals surface area contributed by atoms with Crippen LogP contribution in [0.5, 0.6) is 0 Å². The molecule has 5 nitrogen and oxygen atoms in total. The topological polar surface area (TPSA) is 92.4 Å². The highest BCUT2D eigenvalue weighted by molar-refractivity contribution is 6.02. The molecule has 1 aromatic carbocycles. The molecule has 0 aromatic heterocycles. The highest BCUT2D eigenvalue weighted by Crippen LogP contribution is 2.20. The molecule has 18 heavy (non-hydrogen) atoms. The van der Waals surface area contributed by atoms with Crippen LogP contribution in [0, 0.1) is 5.41 Å². The van der Waals surface area contributed by atoms with Gasteiger partial charge >= 0.3 is 5.97 Å². The fourth-order valence-electron chi connectivity index (χ4n) is 1.38. The van der Waals surface area contributed by atoms with Gasteiger partial charge < -0.3 is 16.2 Å². The van der Waals surface area contributed by atoms with Crippen molar-refractivity contribution in [2.45, 2.75) is 26.8 Å².